The normalized spacial score (nSPS) is 11.0. The number of benzene rings is 1. The van der Waals surface area contributed by atoms with E-state index < -0.39 is 17.8 Å². The fourth-order valence-electron chi connectivity index (χ4n) is 2.27. The molecule has 0 radical (unpaired) electrons. The zero-order chi connectivity index (χ0) is 18.0. The number of amides is 2. The third-order valence-corrected chi connectivity index (χ3v) is 3.74. The van der Waals surface area contributed by atoms with Crippen LogP contribution in [0, 0.1) is 6.92 Å². The minimum absolute atomic E-state index is 0.423. The molecule has 0 bridgehead atoms. The highest BCUT2D eigenvalue weighted by atomic mass is 16.6. The second-order valence-corrected chi connectivity index (χ2v) is 6.34. The summed E-state index contributed by atoms with van der Waals surface area (Å²) in [6.07, 6.45) is 2.09. The van der Waals surface area contributed by atoms with E-state index in [4.69, 9.17) is 9.84 Å². The molecule has 0 aliphatic rings. The number of ether oxygens (including phenoxy) is 1. The van der Waals surface area contributed by atoms with Crippen LogP contribution in [0.1, 0.15) is 50.7 Å². The van der Waals surface area contributed by atoms with Crippen LogP contribution in [0.15, 0.2) is 24.3 Å². The van der Waals surface area contributed by atoms with Gasteiger partial charge in [-0.05, 0) is 39.2 Å². The van der Waals surface area contributed by atoms with Gasteiger partial charge < -0.3 is 20.5 Å². The molecule has 1 aromatic carbocycles. The van der Waals surface area contributed by atoms with E-state index in [-0.39, 0.29) is 0 Å². The Balaban J connectivity index is 2.19. The molecule has 0 spiro atoms. The van der Waals surface area contributed by atoms with Gasteiger partial charge in [-0.15, -0.1) is 0 Å². The standard InChI is InChI=1S/C18H28N2O4/c1-14-8-10-15(11-9-14)18(2,3)24-17(23)20-13-7-5-4-6-12-19-16(21)22/h8-11,19H,4-7,12-13H2,1-3H3,(H,20,23)(H,21,22). The Morgan fingerprint density at radius 3 is 2.08 bits per heavy atom. The summed E-state index contributed by atoms with van der Waals surface area (Å²) >= 11 is 0. The number of carbonyl (C=O) groups is 2. The average molecular weight is 336 g/mol. The van der Waals surface area contributed by atoms with Crippen LogP contribution in [0.2, 0.25) is 0 Å². The molecule has 1 aromatic rings. The summed E-state index contributed by atoms with van der Waals surface area (Å²) in [5, 5.41) is 13.5. The first-order chi connectivity index (χ1) is 11.3. The van der Waals surface area contributed by atoms with Crippen molar-refractivity contribution in [3.63, 3.8) is 0 Å². The molecule has 0 aromatic heterocycles. The highest BCUT2D eigenvalue weighted by Gasteiger charge is 2.24. The SMILES string of the molecule is Cc1ccc(C(C)(C)OC(=O)NCCCCCCNC(=O)O)cc1. The molecule has 0 aliphatic heterocycles. The summed E-state index contributed by atoms with van der Waals surface area (Å²) in [6.45, 7) is 6.77. The van der Waals surface area contributed by atoms with Gasteiger partial charge in [-0.1, -0.05) is 42.7 Å². The lowest BCUT2D eigenvalue weighted by molar-refractivity contribution is 0.0364. The molecule has 134 valence electrons. The third-order valence-electron chi connectivity index (χ3n) is 3.74. The molecule has 0 saturated heterocycles. The lowest BCUT2D eigenvalue weighted by atomic mass is 9.97. The van der Waals surface area contributed by atoms with E-state index in [1.54, 1.807) is 0 Å². The number of unbranched alkanes of at least 4 members (excludes halogenated alkanes) is 3. The van der Waals surface area contributed by atoms with Gasteiger partial charge in [0, 0.05) is 13.1 Å². The van der Waals surface area contributed by atoms with E-state index >= 15 is 0 Å². The molecule has 6 heteroatoms. The maximum Gasteiger partial charge on any atom is 0.408 e. The van der Waals surface area contributed by atoms with E-state index in [1.165, 1.54) is 0 Å². The molecular weight excluding hydrogens is 308 g/mol. The van der Waals surface area contributed by atoms with Crippen molar-refractivity contribution < 1.29 is 19.4 Å². The van der Waals surface area contributed by atoms with Crippen molar-refractivity contribution in [1.29, 1.82) is 0 Å². The summed E-state index contributed by atoms with van der Waals surface area (Å²) in [6, 6.07) is 7.93. The molecule has 0 fully saturated rings. The van der Waals surface area contributed by atoms with Crippen LogP contribution in [0.3, 0.4) is 0 Å². The molecule has 0 atom stereocenters. The number of hydrogen-bond donors (Lipinski definition) is 3. The van der Waals surface area contributed by atoms with Crippen molar-refractivity contribution in [2.24, 2.45) is 0 Å². The van der Waals surface area contributed by atoms with Crippen LogP contribution >= 0.6 is 0 Å². The fraction of sp³-hybridized carbons (Fsp3) is 0.556. The summed E-state index contributed by atoms with van der Waals surface area (Å²) in [7, 11) is 0. The van der Waals surface area contributed by atoms with Crippen LogP contribution in [0.4, 0.5) is 9.59 Å². The lowest BCUT2D eigenvalue weighted by Gasteiger charge is -2.25. The Hall–Kier alpha value is -2.24. The van der Waals surface area contributed by atoms with Gasteiger partial charge in [-0.2, -0.15) is 0 Å². The molecule has 0 heterocycles. The summed E-state index contributed by atoms with van der Waals surface area (Å²) in [5.74, 6) is 0. The number of alkyl carbamates (subject to hydrolysis) is 1. The quantitative estimate of drug-likeness (QED) is 0.599. The Kier molecular flexibility index (Phi) is 8.09. The van der Waals surface area contributed by atoms with E-state index in [2.05, 4.69) is 10.6 Å². The highest BCUT2D eigenvalue weighted by Crippen LogP contribution is 2.24. The van der Waals surface area contributed by atoms with Gasteiger partial charge in [0.25, 0.3) is 0 Å². The van der Waals surface area contributed by atoms with Gasteiger partial charge in [-0.3, -0.25) is 0 Å². The second-order valence-electron chi connectivity index (χ2n) is 6.34. The van der Waals surface area contributed by atoms with Crippen molar-refractivity contribution in [3.8, 4) is 0 Å². The zero-order valence-electron chi connectivity index (χ0n) is 14.7. The Morgan fingerprint density at radius 2 is 1.54 bits per heavy atom. The molecule has 3 N–H and O–H groups in total. The predicted octanol–water partition coefficient (Wildman–Crippen LogP) is 3.78. The molecule has 6 nitrogen and oxygen atoms in total. The number of rotatable bonds is 9. The van der Waals surface area contributed by atoms with Gasteiger partial charge in [0.2, 0.25) is 0 Å². The van der Waals surface area contributed by atoms with Crippen molar-refractivity contribution in [1.82, 2.24) is 10.6 Å². The Bertz CT molecular complexity index is 526. The summed E-state index contributed by atoms with van der Waals surface area (Å²) in [4.78, 5) is 22.2. The fourth-order valence-corrected chi connectivity index (χ4v) is 2.27. The van der Waals surface area contributed by atoms with Gasteiger partial charge >= 0.3 is 12.2 Å². The van der Waals surface area contributed by atoms with E-state index in [0.717, 1.165) is 36.8 Å². The van der Waals surface area contributed by atoms with Crippen molar-refractivity contribution >= 4 is 12.2 Å². The lowest BCUT2D eigenvalue weighted by Crippen LogP contribution is -2.33. The molecule has 24 heavy (non-hydrogen) atoms. The first-order valence-corrected chi connectivity index (χ1v) is 8.32. The maximum atomic E-state index is 11.9. The van der Waals surface area contributed by atoms with Crippen LogP contribution in [-0.2, 0) is 10.3 Å². The van der Waals surface area contributed by atoms with Crippen LogP contribution < -0.4 is 10.6 Å². The Labute approximate surface area is 143 Å². The van der Waals surface area contributed by atoms with Crippen molar-refractivity contribution in [3.05, 3.63) is 35.4 Å². The monoisotopic (exact) mass is 336 g/mol. The first kappa shape index (κ1) is 19.8. The van der Waals surface area contributed by atoms with Gasteiger partial charge in [0.15, 0.2) is 0 Å². The summed E-state index contributed by atoms with van der Waals surface area (Å²) in [5.41, 5.74) is 1.44. The third kappa shape index (κ3) is 7.85. The average Bonchev–Trinajstić information content (AvgIpc) is 2.49. The largest absolute Gasteiger partial charge is 0.465 e. The smallest absolute Gasteiger partial charge is 0.408 e. The van der Waals surface area contributed by atoms with Crippen molar-refractivity contribution in [2.45, 2.75) is 52.1 Å². The van der Waals surface area contributed by atoms with Gasteiger partial charge in [0.05, 0.1) is 0 Å². The molecular formula is C18H28N2O4. The van der Waals surface area contributed by atoms with Crippen molar-refractivity contribution in [2.75, 3.05) is 13.1 Å². The van der Waals surface area contributed by atoms with E-state index in [9.17, 15) is 9.59 Å². The summed E-state index contributed by atoms with van der Waals surface area (Å²) < 4.78 is 5.51. The number of nitrogens with one attached hydrogen (secondary N) is 2. The molecule has 0 unspecified atom stereocenters. The van der Waals surface area contributed by atoms with Gasteiger partial charge in [0.1, 0.15) is 5.60 Å². The topological polar surface area (TPSA) is 87.7 Å². The minimum Gasteiger partial charge on any atom is -0.465 e. The number of hydrogen-bond acceptors (Lipinski definition) is 3. The molecule has 1 rings (SSSR count). The van der Waals surface area contributed by atoms with Crippen LogP contribution in [0.25, 0.3) is 0 Å². The van der Waals surface area contributed by atoms with E-state index in [1.807, 2.05) is 45.0 Å². The number of carbonyl (C=O) groups excluding carboxylic acids is 1. The second kappa shape index (κ2) is 9.80. The predicted molar refractivity (Wildman–Crippen MR) is 93.2 cm³/mol. The molecule has 0 aliphatic carbocycles. The number of carboxylic acid groups (broad SMARTS) is 1. The minimum atomic E-state index is -0.990. The first-order valence-electron chi connectivity index (χ1n) is 8.32. The number of aryl methyl sites for hydroxylation is 1. The maximum absolute atomic E-state index is 11.9. The van der Waals surface area contributed by atoms with Gasteiger partial charge in [-0.25, -0.2) is 9.59 Å². The molecule has 0 saturated carbocycles. The Morgan fingerprint density at radius 1 is 1.00 bits per heavy atom. The molecule has 2 amide bonds. The highest BCUT2D eigenvalue weighted by molar-refractivity contribution is 5.67. The van der Waals surface area contributed by atoms with Crippen LogP contribution in [0.5, 0.6) is 0 Å². The van der Waals surface area contributed by atoms with E-state index in [0.29, 0.717) is 13.1 Å². The zero-order valence-corrected chi connectivity index (χ0v) is 14.7. The van der Waals surface area contributed by atoms with Crippen LogP contribution in [-0.4, -0.2) is 30.4 Å².